The monoisotopic (exact) mass is 258 g/mol. The first-order valence-corrected chi connectivity index (χ1v) is 7.22. The molecule has 1 aromatic carbocycles. The summed E-state index contributed by atoms with van der Waals surface area (Å²) in [5.74, 6) is 0.290. The lowest BCUT2D eigenvalue weighted by Crippen LogP contribution is -2.61. The van der Waals surface area contributed by atoms with Crippen LogP contribution in [0.5, 0.6) is 0 Å². The minimum absolute atomic E-state index is 0.290. The zero-order valence-electron chi connectivity index (χ0n) is 11.6. The molecule has 1 aromatic rings. The second kappa shape index (κ2) is 4.97. The van der Waals surface area contributed by atoms with Crippen molar-refractivity contribution in [3.05, 3.63) is 35.4 Å². The Morgan fingerprint density at radius 1 is 1.26 bits per heavy atom. The predicted octanol–water partition coefficient (Wildman–Crippen LogP) is 1.75. The van der Waals surface area contributed by atoms with Crippen molar-refractivity contribution in [2.75, 3.05) is 26.2 Å². The summed E-state index contributed by atoms with van der Waals surface area (Å²) in [5, 5.41) is 3.40. The Morgan fingerprint density at radius 2 is 1.95 bits per heavy atom. The largest absolute Gasteiger partial charge is 0.341 e. The summed E-state index contributed by atoms with van der Waals surface area (Å²) in [6.45, 7) is 6.24. The highest BCUT2D eigenvalue weighted by atomic mass is 16.2. The third-order valence-corrected chi connectivity index (χ3v) is 4.67. The molecule has 0 radical (unpaired) electrons. The Hall–Kier alpha value is -1.35. The first-order valence-electron chi connectivity index (χ1n) is 7.22. The van der Waals surface area contributed by atoms with Crippen molar-refractivity contribution < 1.29 is 4.79 Å². The molecule has 2 saturated heterocycles. The predicted molar refractivity (Wildman–Crippen MR) is 76.0 cm³/mol. The van der Waals surface area contributed by atoms with E-state index in [0.29, 0.717) is 17.7 Å². The summed E-state index contributed by atoms with van der Waals surface area (Å²) in [6.07, 6.45) is 3.00. The van der Waals surface area contributed by atoms with Crippen molar-refractivity contribution in [1.29, 1.82) is 0 Å². The zero-order valence-corrected chi connectivity index (χ0v) is 11.6. The quantitative estimate of drug-likeness (QED) is 0.876. The Balaban J connectivity index is 1.57. The van der Waals surface area contributed by atoms with Crippen LogP contribution in [0.3, 0.4) is 0 Å². The van der Waals surface area contributed by atoms with Gasteiger partial charge in [0.1, 0.15) is 0 Å². The Morgan fingerprint density at radius 3 is 2.63 bits per heavy atom. The number of aryl methyl sites for hydroxylation is 1. The van der Waals surface area contributed by atoms with E-state index in [1.807, 2.05) is 17.0 Å². The molecular formula is C16H22N2O. The van der Waals surface area contributed by atoms with Gasteiger partial charge in [-0.05, 0) is 44.0 Å². The maximum Gasteiger partial charge on any atom is 0.227 e. The molecule has 2 fully saturated rings. The van der Waals surface area contributed by atoms with Crippen LogP contribution in [0.25, 0.3) is 0 Å². The van der Waals surface area contributed by atoms with E-state index >= 15 is 0 Å². The summed E-state index contributed by atoms with van der Waals surface area (Å²) in [6, 6.07) is 8.18. The number of carbonyl (C=O) groups is 1. The zero-order chi connectivity index (χ0) is 13.3. The van der Waals surface area contributed by atoms with Gasteiger partial charge in [0.05, 0.1) is 6.42 Å². The second-order valence-corrected chi connectivity index (χ2v) is 6.10. The molecule has 0 unspecified atom stereocenters. The minimum atomic E-state index is 0.290. The summed E-state index contributed by atoms with van der Waals surface area (Å²) < 4.78 is 0. The molecule has 19 heavy (non-hydrogen) atoms. The average molecular weight is 258 g/mol. The van der Waals surface area contributed by atoms with E-state index in [-0.39, 0.29) is 0 Å². The molecule has 102 valence electrons. The first kappa shape index (κ1) is 12.7. The van der Waals surface area contributed by atoms with Gasteiger partial charge >= 0.3 is 0 Å². The van der Waals surface area contributed by atoms with E-state index in [1.165, 1.54) is 24.0 Å². The molecule has 1 N–H and O–H groups in total. The van der Waals surface area contributed by atoms with Crippen LogP contribution in [0.15, 0.2) is 24.3 Å². The van der Waals surface area contributed by atoms with Crippen LogP contribution < -0.4 is 5.32 Å². The highest BCUT2D eigenvalue weighted by molar-refractivity contribution is 5.80. The van der Waals surface area contributed by atoms with Crippen LogP contribution in [0.4, 0.5) is 0 Å². The van der Waals surface area contributed by atoms with Crippen molar-refractivity contribution in [2.45, 2.75) is 26.2 Å². The normalized spacial score (nSPS) is 21.2. The number of nitrogens with zero attached hydrogens (tertiary/aromatic N) is 1. The van der Waals surface area contributed by atoms with Gasteiger partial charge in [-0.1, -0.05) is 24.3 Å². The van der Waals surface area contributed by atoms with E-state index in [2.05, 4.69) is 24.4 Å². The van der Waals surface area contributed by atoms with Crippen LogP contribution in [0.1, 0.15) is 24.0 Å². The van der Waals surface area contributed by atoms with E-state index < -0.39 is 0 Å². The van der Waals surface area contributed by atoms with Crippen LogP contribution in [0, 0.1) is 12.3 Å². The molecule has 0 aromatic heterocycles. The molecule has 0 aliphatic carbocycles. The number of piperidine rings is 1. The van der Waals surface area contributed by atoms with Gasteiger partial charge in [-0.15, -0.1) is 0 Å². The molecule has 1 spiro atoms. The molecule has 3 heteroatoms. The summed E-state index contributed by atoms with van der Waals surface area (Å²) in [7, 11) is 0. The van der Waals surface area contributed by atoms with Crippen molar-refractivity contribution in [3.8, 4) is 0 Å². The van der Waals surface area contributed by atoms with Crippen LogP contribution >= 0.6 is 0 Å². The topological polar surface area (TPSA) is 32.3 Å². The number of hydrogen-bond donors (Lipinski definition) is 1. The molecule has 0 bridgehead atoms. The summed E-state index contributed by atoms with van der Waals surface area (Å²) >= 11 is 0. The number of carbonyl (C=O) groups excluding carboxylic acids is 1. The summed E-state index contributed by atoms with van der Waals surface area (Å²) in [4.78, 5) is 14.3. The Bertz CT molecular complexity index is 469. The molecule has 0 atom stereocenters. The fraction of sp³-hybridized carbons (Fsp3) is 0.562. The van der Waals surface area contributed by atoms with Gasteiger partial charge in [0.15, 0.2) is 0 Å². The maximum atomic E-state index is 12.3. The number of amides is 1. The van der Waals surface area contributed by atoms with E-state index in [0.717, 1.165) is 26.2 Å². The third kappa shape index (κ3) is 2.52. The van der Waals surface area contributed by atoms with Gasteiger partial charge in [0.2, 0.25) is 5.91 Å². The van der Waals surface area contributed by atoms with Crippen molar-refractivity contribution >= 4 is 5.91 Å². The number of rotatable bonds is 2. The fourth-order valence-corrected chi connectivity index (χ4v) is 3.30. The van der Waals surface area contributed by atoms with Gasteiger partial charge in [-0.25, -0.2) is 0 Å². The van der Waals surface area contributed by atoms with E-state index in [4.69, 9.17) is 0 Å². The number of hydrogen-bond acceptors (Lipinski definition) is 2. The Kier molecular flexibility index (Phi) is 3.31. The van der Waals surface area contributed by atoms with Gasteiger partial charge in [0.25, 0.3) is 0 Å². The van der Waals surface area contributed by atoms with Gasteiger partial charge < -0.3 is 10.2 Å². The van der Waals surface area contributed by atoms with Crippen LogP contribution in [-0.4, -0.2) is 37.0 Å². The van der Waals surface area contributed by atoms with Crippen LogP contribution in [0.2, 0.25) is 0 Å². The molecule has 1 amide bonds. The second-order valence-electron chi connectivity index (χ2n) is 6.10. The van der Waals surface area contributed by atoms with E-state index in [9.17, 15) is 4.79 Å². The highest BCUT2D eigenvalue weighted by Crippen LogP contribution is 2.38. The van der Waals surface area contributed by atoms with Gasteiger partial charge in [0, 0.05) is 18.5 Å². The number of benzene rings is 1. The fourth-order valence-electron chi connectivity index (χ4n) is 3.30. The van der Waals surface area contributed by atoms with Crippen molar-refractivity contribution in [2.24, 2.45) is 5.41 Å². The van der Waals surface area contributed by atoms with Gasteiger partial charge in [-0.2, -0.15) is 0 Å². The smallest absolute Gasteiger partial charge is 0.227 e. The lowest BCUT2D eigenvalue weighted by Gasteiger charge is -2.52. The first-order chi connectivity index (χ1) is 9.19. The Labute approximate surface area is 115 Å². The molecule has 3 rings (SSSR count). The average Bonchev–Trinajstić information content (AvgIpc) is 2.39. The lowest BCUT2D eigenvalue weighted by molar-refractivity contribution is -0.144. The standard InChI is InChI=1S/C16H22N2O/c1-13-4-2-3-5-14(13)10-15(19)18-11-16(12-18)6-8-17-9-7-16/h2-5,17H,6-12H2,1H3. The molecular weight excluding hydrogens is 236 g/mol. The summed E-state index contributed by atoms with van der Waals surface area (Å²) in [5.41, 5.74) is 2.82. The van der Waals surface area contributed by atoms with E-state index in [1.54, 1.807) is 0 Å². The van der Waals surface area contributed by atoms with Gasteiger partial charge in [-0.3, -0.25) is 4.79 Å². The molecule has 3 nitrogen and oxygen atoms in total. The molecule has 2 heterocycles. The van der Waals surface area contributed by atoms with Crippen molar-refractivity contribution in [3.63, 3.8) is 0 Å². The minimum Gasteiger partial charge on any atom is -0.341 e. The SMILES string of the molecule is Cc1ccccc1CC(=O)N1CC2(CCNCC2)C1. The number of nitrogens with one attached hydrogen (secondary N) is 1. The number of likely N-dealkylation sites (tertiary alicyclic amines) is 1. The highest BCUT2D eigenvalue weighted by Gasteiger charge is 2.45. The molecule has 2 aliphatic rings. The molecule has 2 aliphatic heterocycles. The lowest BCUT2D eigenvalue weighted by atomic mass is 9.72. The molecule has 0 saturated carbocycles. The third-order valence-electron chi connectivity index (χ3n) is 4.67. The maximum absolute atomic E-state index is 12.3. The van der Waals surface area contributed by atoms with Crippen LogP contribution in [-0.2, 0) is 11.2 Å². The van der Waals surface area contributed by atoms with Crippen molar-refractivity contribution in [1.82, 2.24) is 10.2 Å².